The molecular weight excluding hydrogens is 377 g/mol. The van der Waals surface area contributed by atoms with Crippen molar-refractivity contribution in [2.75, 3.05) is 5.75 Å². The minimum atomic E-state index is -3.60. The van der Waals surface area contributed by atoms with E-state index in [0.717, 1.165) is 24.8 Å². The Hall–Kier alpha value is -1.43. The van der Waals surface area contributed by atoms with Crippen molar-refractivity contribution in [3.8, 4) is 0 Å². The second kappa shape index (κ2) is 6.28. The zero-order chi connectivity index (χ0) is 20.5. The normalized spacial score (nSPS) is 33.3. The van der Waals surface area contributed by atoms with E-state index >= 15 is 0 Å². The number of amides is 1. The van der Waals surface area contributed by atoms with Crippen LogP contribution in [-0.4, -0.2) is 30.4 Å². The highest BCUT2D eigenvalue weighted by Crippen LogP contribution is 2.70. The number of carbonyl (C=O) groups excluding carboxylic acids is 1. The Kier molecular flexibility index (Phi) is 4.46. The van der Waals surface area contributed by atoms with Crippen molar-refractivity contribution in [3.05, 3.63) is 35.6 Å². The molecule has 1 aromatic carbocycles. The molecule has 1 aromatic rings. The van der Waals surface area contributed by atoms with Crippen LogP contribution < -0.4 is 0 Å². The number of hydrogen-bond donors (Lipinski definition) is 0. The molecule has 3 aliphatic rings. The highest BCUT2D eigenvalue weighted by atomic mass is 32.2. The van der Waals surface area contributed by atoms with Crippen molar-refractivity contribution >= 4 is 15.9 Å². The van der Waals surface area contributed by atoms with Crippen LogP contribution in [0.4, 0.5) is 4.39 Å². The molecular formula is C22H30FNO3S. The Morgan fingerprint density at radius 1 is 1.25 bits per heavy atom. The molecule has 0 radical (unpaired) electrons. The van der Waals surface area contributed by atoms with Crippen LogP contribution in [0.15, 0.2) is 24.3 Å². The fraction of sp³-hybridized carbons (Fsp3) is 0.682. The third-order valence-electron chi connectivity index (χ3n) is 8.15. The number of fused-ring (bicyclic) bond motifs is 1. The van der Waals surface area contributed by atoms with Gasteiger partial charge in [-0.2, -0.15) is 0 Å². The van der Waals surface area contributed by atoms with Gasteiger partial charge in [-0.25, -0.2) is 17.1 Å². The second-order valence-corrected chi connectivity index (χ2v) is 11.8. The Morgan fingerprint density at radius 3 is 2.46 bits per heavy atom. The number of hydrogen-bond acceptors (Lipinski definition) is 3. The van der Waals surface area contributed by atoms with Gasteiger partial charge in [-0.1, -0.05) is 39.8 Å². The molecule has 0 aromatic heterocycles. The monoisotopic (exact) mass is 407 g/mol. The van der Waals surface area contributed by atoms with Gasteiger partial charge < -0.3 is 0 Å². The molecule has 4 atom stereocenters. The summed E-state index contributed by atoms with van der Waals surface area (Å²) in [5, 5.41) is 0. The van der Waals surface area contributed by atoms with Crippen molar-refractivity contribution in [1.82, 2.24) is 4.31 Å². The summed E-state index contributed by atoms with van der Waals surface area (Å²) in [6.07, 6.45) is 2.89. The number of carbonyl (C=O) groups is 1. The first kappa shape index (κ1) is 19.9. The summed E-state index contributed by atoms with van der Waals surface area (Å²) in [4.78, 5) is 13.3. The first-order valence-electron chi connectivity index (χ1n) is 10.3. The predicted molar refractivity (Wildman–Crippen MR) is 107 cm³/mol. The molecule has 2 saturated carbocycles. The summed E-state index contributed by atoms with van der Waals surface area (Å²) in [6.45, 7) is 8.40. The zero-order valence-electron chi connectivity index (χ0n) is 17.1. The van der Waals surface area contributed by atoms with Gasteiger partial charge in [0.1, 0.15) is 5.82 Å². The van der Waals surface area contributed by atoms with Crippen molar-refractivity contribution in [2.45, 2.75) is 65.3 Å². The van der Waals surface area contributed by atoms with E-state index in [1.165, 1.54) is 16.4 Å². The van der Waals surface area contributed by atoms with E-state index in [-0.39, 0.29) is 52.6 Å². The molecule has 1 amide bonds. The maximum absolute atomic E-state index is 13.3. The lowest BCUT2D eigenvalue weighted by Gasteiger charge is -2.37. The number of sulfonamides is 1. The van der Waals surface area contributed by atoms with Gasteiger partial charge in [-0.15, -0.1) is 0 Å². The van der Waals surface area contributed by atoms with Crippen molar-refractivity contribution in [2.24, 2.45) is 22.7 Å². The largest absolute Gasteiger partial charge is 0.274 e. The van der Waals surface area contributed by atoms with Crippen LogP contribution in [0.3, 0.4) is 0 Å². The van der Waals surface area contributed by atoms with Gasteiger partial charge in [-0.3, -0.25) is 4.79 Å². The van der Waals surface area contributed by atoms with Gasteiger partial charge in [-0.05, 0) is 60.1 Å². The first-order valence-corrected chi connectivity index (χ1v) is 11.9. The fourth-order valence-corrected chi connectivity index (χ4v) is 8.90. The number of benzene rings is 1. The highest BCUT2D eigenvalue weighted by Gasteiger charge is 2.72. The number of rotatable bonds is 4. The van der Waals surface area contributed by atoms with Crippen LogP contribution in [0.2, 0.25) is 0 Å². The lowest BCUT2D eigenvalue weighted by atomic mass is 9.69. The predicted octanol–water partition coefficient (Wildman–Crippen LogP) is 4.32. The highest BCUT2D eigenvalue weighted by molar-refractivity contribution is 7.90. The molecule has 1 spiro atoms. The lowest BCUT2D eigenvalue weighted by molar-refractivity contribution is -0.129. The third-order valence-corrected chi connectivity index (χ3v) is 10.1. The average molecular weight is 408 g/mol. The van der Waals surface area contributed by atoms with E-state index < -0.39 is 10.0 Å². The first-order chi connectivity index (χ1) is 13.0. The van der Waals surface area contributed by atoms with Gasteiger partial charge in [0.2, 0.25) is 15.9 Å². The smallest absolute Gasteiger partial charge is 0.238 e. The number of halogens is 1. The summed E-state index contributed by atoms with van der Waals surface area (Å²) >= 11 is 0. The molecule has 4 nitrogen and oxygen atoms in total. The van der Waals surface area contributed by atoms with E-state index in [1.807, 2.05) is 13.8 Å². The van der Waals surface area contributed by atoms with Crippen molar-refractivity contribution in [3.63, 3.8) is 0 Å². The third kappa shape index (κ3) is 2.66. The average Bonchev–Trinajstić information content (AvgIpc) is 3.07. The van der Waals surface area contributed by atoms with E-state index in [4.69, 9.17) is 0 Å². The van der Waals surface area contributed by atoms with Crippen LogP contribution in [-0.2, 0) is 14.8 Å². The van der Waals surface area contributed by atoms with Crippen molar-refractivity contribution < 1.29 is 17.6 Å². The molecule has 154 valence electrons. The molecule has 1 aliphatic heterocycles. The van der Waals surface area contributed by atoms with Crippen LogP contribution in [0.5, 0.6) is 0 Å². The van der Waals surface area contributed by atoms with E-state index in [0.29, 0.717) is 5.92 Å². The van der Waals surface area contributed by atoms with E-state index in [2.05, 4.69) is 13.8 Å². The van der Waals surface area contributed by atoms with Gasteiger partial charge in [0, 0.05) is 11.8 Å². The summed E-state index contributed by atoms with van der Waals surface area (Å²) < 4.78 is 40.7. The molecule has 0 N–H and O–H groups in total. The molecule has 0 unspecified atom stereocenters. The standard InChI is InChI=1S/C22H30FNO3S/c1-14(2)18(15-5-7-17(23)8-6-15)12-20(25)24-19-11-16-9-10-22(19,21(16,3)4)13-28(24,26)27/h5-8,14,16,18-19H,9-13H2,1-4H3/t16-,18+,19-,22-/m1/s1. The Labute approximate surface area is 167 Å². The van der Waals surface area contributed by atoms with Crippen LogP contribution in [0.1, 0.15) is 64.9 Å². The Bertz CT molecular complexity index is 893. The van der Waals surface area contributed by atoms with E-state index in [1.54, 1.807) is 12.1 Å². The van der Waals surface area contributed by atoms with Crippen molar-refractivity contribution in [1.29, 1.82) is 0 Å². The molecule has 3 fully saturated rings. The van der Waals surface area contributed by atoms with Crippen LogP contribution >= 0.6 is 0 Å². The van der Waals surface area contributed by atoms with E-state index in [9.17, 15) is 17.6 Å². The molecule has 1 saturated heterocycles. The maximum Gasteiger partial charge on any atom is 0.238 e. The topological polar surface area (TPSA) is 54.5 Å². The summed E-state index contributed by atoms with van der Waals surface area (Å²) in [5.41, 5.74) is 0.535. The SMILES string of the molecule is CC(C)[C@H](CC(=O)N1[C@@H]2C[C@H]3CC[C@]2(CS1(=O)=O)C3(C)C)c1ccc(F)cc1. The zero-order valence-corrected chi connectivity index (χ0v) is 17.9. The molecule has 6 heteroatoms. The summed E-state index contributed by atoms with van der Waals surface area (Å²) in [5.74, 6) is -0.0139. The molecule has 28 heavy (non-hydrogen) atoms. The fourth-order valence-electron chi connectivity index (χ4n) is 6.34. The van der Waals surface area contributed by atoms with Gasteiger partial charge in [0.25, 0.3) is 0 Å². The minimum Gasteiger partial charge on any atom is -0.274 e. The Balaban J connectivity index is 1.63. The van der Waals surface area contributed by atoms with Crippen LogP contribution in [0, 0.1) is 28.5 Å². The van der Waals surface area contributed by atoms with Gasteiger partial charge in [0.15, 0.2) is 0 Å². The van der Waals surface area contributed by atoms with Gasteiger partial charge in [0.05, 0.1) is 11.8 Å². The van der Waals surface area contributed by atoms with Crippen LogP contribution in [0.25, 0.3) is 0 Å². The quantitative estimate of drug-likeness (QED) is 0.747. The second-order valence-electron chi connectivity index (χ2n) is 9.92. The lowest BCUT2D eigenvalue weighted by Crippen LogP contribution is -2.44. The van der Waals surface area contributed by atoms with Gasteiger partial charge >= 0.3 is 0 Å². The minimum absolute atomic E-state index is 0.0474. The maximum atomic E-state index is 13.3. The summed E-state index contributed by atoms with van der Waals surface area (Å²) in [7, 11) is -3.60. The molecule has 1 heterocycles. The Morgan fingerprint density at radius 2 is 1.89 bits per heavy atom. The molecule has 2 aliphatic carbocycles. The molecule has 2 bridgehead atoms. The number of nitrogens with zero attached hydrogens (tertiary/aromatic N) is 1. The molecule has 4 rings (SSSR count). The summed E-state index contributed by atoms with van der Waals surface area (Å²) in [6, 6.07) is 6.01.